The largest absolute Gasteiger partial charge is 0.356 e. The molecule has 0 bridgehead atoms. The molecule has 2 aromatic heterocycles. The van der Waals surface area contributed by atoms with E-state index in [-0.39, 0.29) is 11.8 Å². The van der Waals surface area contributed by atoms with Gasteiger partial charge in [-0.25, -0.2) is 0 Å². The van der Waals surface area contributed by atoms with E-state index in [4.69, 9.17) is 4.52 Å². The van der Waals surface area contributed by atoms with Crippen molar-refractivity contribution in [2.24, 2.45) is 5.92 Å². The Kier molecular flexibility index (Phi) is 7.48. The van der Waals surface area contributed by atoms with Crippen LogP contribution in [0.1, 0.15) is 25.2 Å². The second kappa shape index (κ2) is 10.5. The van der Waals surface area contributed by atoms with Gasteiger partial charge in [-0.3, -0.25) is 9.69 Å². The molecule has 164 valence electrons. The van der Waals surface area contributed by atoms with Crippen LogP contribution in [-0.2, 0) is 11.3 Å². The molecule has 1 amide bonds. The van der Waals surface area contributed by atoms with Crippen molar-refractivity contribution in [2.75, 3.05) is 59.4 Å². The molecule has 0 aromatic carbocycles. The summed E-state index contributed by atoms with van der Waals surface area (Å²) in [6.45, 7) is 8.68. The summed E-state index contributed by atoms with van der Waals surface area (Å²) >= 11 is 1.60. The summed E-state index contributed by atoms with van der Waals surface area (Å²) in [6, 6.07) is 3.97. The van der Waals surface area contributed by atoms with Crippen molar-refractivity contribution >= 4 is 17.2 Å². The molecule has 0 saturated carbocycles. The summed E-state index contributed by atoms with van der Waals surface area (Å²) in [5.74, 6) is 1.49. The van der Waals surface area contributed by atoms with E-state index >= 15 is 0 Å². The number of amides is 1. The number of aromatic nitrogens is 2. The molecular weight excluding hydrogens is 400 g/mol. The molecule has 1 atom stereocenters. The van der Waals surface area contributed by atoms with E-state index in [1.807, 2.05) is 17.5 Å². The van der Waals surface area contributed by atoms with Crippen molar-refractivity contribution in [1.29, 1.82) is 0 Å². The molecule has 2 aliphatic heterocycles. The lowest BCUT2D eigenvalue weighted by molar-refractivity contribution is -0.126. The minimum Gasteiger partial charge on any atom is -0.356 e. The van der Waals surface area contributed by atoms with Crippen LogP contribution in [0.5, 0.6) is 0 Å². The Hall–Kier alpha value is -1.81. The quantitative estimate of drug-likeness (QED) is 0.637. The zero-order valence-corrected chi connectivity index (χ0v) is 18.6. The maximum Gasteiger partial charge on any atom is 0.241 e. The lowest BCUT2D eigenvalue weighted by Crippen LogP contribution is -2.45. The number of hydrogen-bond acceptors (Lipinski definition) is 8. The van der Waals surface area contributed by atoms with Gasteiger partial charge in [0, 0.05) is 39.3 Å². The standard InChI is InChI=1S/C21H32N6O2S/c1-25-10-12-26(13-11-25)9-4-7-22-21(28)17-5-2-8-27(15-17)16-19-23-20(24-29-19)18-6-3-14-30-18/h3,6,14,17H,2,4-5,7-13,15-16H2,1H3,(H,22,28). The average Bonchev–Trinajstić information content (AvgIpc) is 3.44. The Morgan fingerprint density at radius 2 is 2.13 bits per heavy atom. The average molecular weight is 433 g/mol. The molecule has 2 saturated heterocycles. The number of nitrogens with one attached hydrogen (secondary N) is 1. The van der Waals surface area contributed by atoms with Crippen molar-refractivity contribution in [2.45, 2.75) is 25.8 Å². The summed E-state index contributed by atoms with van der Waals surface area (Å²) < 4.78 is 5.43. The van der Waals surface area contributed by atoms with Crippen LogP contribution in [0, 0.1) is 5.92 Å². The fraction of sp³-hybridized carbons (Fsp3) is 0.667. The third-order valence-electron chi connectivity index (χ3n) is 5.99. The zero-order valence-electron chi connectivity index (χ0n) is 17.8. The van der Waals surface area contributed by atoms with E-state index in [1.165, 1.54) is 0 Å². The number of carbonyl (C=O) groups excluding carboxylic acids is 1. The predicted molar refractivity (Wildman–Crippen MR) is 117 cm³/mol. The molecule has 9 heteroatoms. The van der Waals surface area contributed by atoms with Crippen molar-refractivity contribution in [3.05, 3.63) is 23.4 Å². The van der Waals surface area contributed by atoms with Crippen molar-refractivity contribution in [3.63, 3.8) is 0 Å². The van der Waals surface area contributed by atoms with E-state index in [0.717, 1.165) is 76.5 Å². The SMILES string of the molecule is CN1CCN(CCCNC(=O)C2CCCN(Cc3nc(-c4cccs4)no3)C2)CC1. The monoisotopic (exact) mass is 432 g/mol. The lowest BCUT2D eigenvalue weighted by Gasteiger charge is -2.32. The fourth-order valence-corrected chi connectivity index (χ4v) is 4.81. The van der Waals surface area contributed by atoms with Gasteiger partial charge in [0.05, 0.1) is 17.3 Å². The van der Waals surface area contributed by atoms with E-state index in [0.29, 0.717) is 18.3 Å². The molecule has 2 fully saturated rings. The molecule has 4 heterocycles. The molecule has 30 heavy (non-hydrogen) atoms. The zero-order chi connectivity index (χ0) is 20.8. The molecule has 0 spiro atoms. The molecule has 0 radical (unpaired) electrons. The van der Waals surface area contributed by atoms with Crippen LogP contribution in [0.15, 0.2) is 22.0 Å². The lowest BCUT2D eigenvalue weighted by atomic mass is 9.97. The number of likely N-dealkylation sites (N-methyl/N-ethyl adjacent to an activating group) is 1. The second-order valence-corrected chi connectivity index (χ2v) is 9.30. The van der Waals surface area contributed by atoms with Gasteiger partial charge < -0.3 is 19.6 Å². The van der Waals surface area contributed by atoms with Crippen molar-refractivity contribution < 1.29 is 9.32 Å². The summed E-state index contributed by atoms with van der Waals surface area (Å²) in [4.78, 5) is 25.3. The van der Waals surface area contributed by atoms with Gasteiger partial charge >= 0.3 is 0 Å². The number of hydrogen-bond donors (Lipinski definition) is 1. The summed E-state index contributed by atoms with van der Waals surface area (Å²) in [7, 11) is 2.17. The third kappa shape index (κ3) is 5.87. The Morgan fingerprint density at radius 3 is 2.93 bits per heavy atom. The van der Waals surface area contributed by atoms with Gasteiger partial charge in [0.25, 0.3) is 0 Å². The van der Waals surface area contributed by atoms with Crippen LogP contribution in [-0.4, -0.2) is 90.2 Å². The fourth-order valence-electron chi connectivity index (χ4n) is 4.16. The van der Waals surface area contributed by atoms with Gasteiger partial charge in [0.2, 0.25) is 17.6 Å². The molecule has 1 N–H and O–H groups in total. The highest BCUT2D eigenvalue weighted by Crippen LogP contribution is 2.23. The van der Waals surface area contributed by atoms with Crippen LogP contribution < -0.4 is 5.32 Å². The molecule has 1 unspecified atom stereocenters. The summed E-state index contributed by atoms with van der Waals surface area (Å²) in [5.41, 5.74) is 0. The first-order valence-electron chi connectivity index (χ1n) is 10.9. The van der Waals surface area contributed by atoms with Crippen LogP contribution in [0.2, 0.25) is 0 Å². The Balaban J connectivity index is 1.17. The number of piperidine rings is 1. The number of carbonyl (C=O) groups is 1. The molecule has 0 aliphatic carbocycles. The molecular formula is C21H32N6O2S. The van der Waals surface area contributed by atoms with Crippen molar-refractivity contribution in [3.8, 4) is 10.7 Å². The number of rotatable bonds is 8. The van der Waals surface area contributed by atoms with Crippen LogP contribution in [0.25, 0.3) is 10.7 Å². The van der Waals surface area contributed by atoms with Gasteiger partial charge in [-0.2, -0.15) is 4.98 Å². The minimum absolute atomic E-state index is 0.0436. The Morgan fingerprint density at radius 1 is 1.27 bits per heavy atom. The first-order chi connectivity index (χ1) is 14.7. The minimum atomic E-state index is 0.0436. The van der Waals surface area contributed by atoms with Crippen LogP contribution >= 0.6 is 11.3 Å². The normalized spacial score (nSPS) is 21.7. The highest BCUT2D eigenvalue weighted by Gasteiger charge is 2.27. The highest BCUT2D eigenvalue weighted by molar-refractivity contribution is 7.13. The van der Waals surface area contributed by atoms with Crippen LogP contribution in [0.3, 0.4) is 0 Å². The second-order valence-electron chi connectivity index (χ2n) is 8.35. The van der Waals surface area contributed by atoms with Gasteiger partial charge in [0.15, 0.2) is 0 Å². The van der Waals surface area contributed by atoms with Crippen molar-refractivity contribution in [1.82, 2.24) is 30.2 Å². The summed E-state index contributed by atoms with van der Waals surface area (Å²) in [5, 5.41) is 9.24. The topological polar surface area (TPSA) is 77.7 Å². The van der Waals surface area contributed by atoms with Gasteiger partial charge in [-0.05, 0) is 50.8 Å². The van der Waals surface area contributed by atoms with E-state index in [1.54, 1.807) is 11.3 Å². The smallest absolute Gasteiger partial charge is 0.241 e. The predicted octanol–water partition coefficient (Wildman–Crippen LogP) is 1.76. The van der Waals surface area contributed by atoms with E-state index < -0.39 is 0 Å². The van der Waals surface area contributed by atoms with Crippen LogP contribution in [0.4, 0.5) is 0 Å². The highest BCUT2D eigenvalue weighted by atomic mass is 32.1. The maximum absolute atomic E-state index is 12.6. The Bertz CT molecular complexity index is 787. The van der Waals surface area contributed by atoms with E-state index in [9.17, 15) is 4.79 Å². The third-order valence-corrected chi connectivity index (χ3v) is 6.86. The number of piperazine rings is 1. The Labute approximate surface area is 182 Å². The van der Waals surface area contributed by atoms with E-state index in [2.05, 4.69) is 37.2 Å². The molecule has 2 aromatic rings. The maximum atomic E-state index is 12.6. The molecule has 4 rings (SSSR count). The van der Waals surface area contributed by atoms with Gasteiger partial charge in [0.1, 0.15) is 0 Å². The first kappa shape index (κ1) is 21.4. The molecule has 2 aliphatic rings. The van der Waals surface area contributed by atoms with Gasteiger partial charge in [-0.1, -0.05) is 11.2 Å². The van der Waals surface area contributed by atoms with Gasteiger partial charge in [-0.15, -0.1) is 11.3 Å². The number of likely N-dealkylation sites (tertiary alicyclic amines) is 1. The first-order valence-corrected chi connectivity index (χ1v) is 11.8. The summed E-state index contributed by atoms with van der Waals surface area (Å²) in [6.07, 6.45) is 2.98. The molecule has 8 nitrogen and oxygen atoms in total. The number of thiophene rings is 1. The number of nitrogens with zero attached hydrogens (tertiary/aromatic N) is 5.